The molecule has 0 heterocycles. The molecule has 0 radical (unpaired) electrons. The molecule has 5 aromatic carbocycles. The minimum Gasteiger partial charge on any atom is -0.310 e. The molecule has 0 saturated heterocycles. The lowest BCUT2D eigenvalue weighted by molar-refractivity contribution is 1.23. The molecule has 0 atom stereocenters. The molecule has 2 nitrogen and oxygen atoms in total. The predicted octanol–water partition coefficient (Wildman–Crippen LogP) is 9.86. The molecule has 5 aromatic rings. The average Bonchev–Trinajstić information content (AvgIpc) is 2.87. The zero-order valence-corrected chi connectivity index (χ0v) is 21.4. The van der Waals surface area contributed by atoms with E-state index in [1.165, 1.54) is 22.3 Å². The molecule has 0 unspecified atom stereocenters. The van der Waals surface area contributed by atoms with Crippen molar-refractivity contribution in [2.24, 2.45) is 0 Å². The third-order valence-corrected chi connectivity index (χ3v) is 6.45. The van der Waals surface area contributed by atoms with Crippen molar-refractivity contribution in [2.75, 3.05) is 9.80 Å². The molecule has 0 aromatic heterocycles. The Morgan fingerprint density at radius 2 is 0.639 bits per heavy atom. The second-order valence-corrected chi connectivity index (χ2v) is 9.54. The molecule has 5 rings (SSSR count). The van der Waals surface area contributed by atoms with E-state index in [1.54, 1.807) is 0 Å². The molecule has 0 saturated carbocycles. The molecule has 0 amide bonds. The van der Waals surface area contributed by atoms with E-state index in [2.05, 4.69) is 159 Å². The summed E-state index contributed by atoms with van der Waals surface area (Å²) in [4.78, 5) is 4.67. The van der Waals surface area contributed by atoms with Crippen LogP contribution in [-0.4, -0.2) is 0 Å². The lowest BCUT2D eigenvalue weighted by Gasteiger charge is -2.29. The molecule has 0 fully saturated rings. The van der Waals surface area contributed by atoms with Gasteiger partial charge < -0.3 is 9.80 Å². The van der Waals surface area contributed by atoms with E-state index in [-0.39, 0.29) is 0 Å². The van der Waals surface area contributed by atoms with Gasteiger partial charge in [-0.2, -0.15) is 0 Å². The number of benzene rings is 5. The Kier molecular flexibility index (Phi) is 6.60. The molecule has 0 aliphatic rings. The molecule has 0 spiro atoms. The van der Waals surface area contributed by atoms with Gasteiger partial charge in [0.2, 0.25) is 0 Å². The van der Waals surface area contributed by atoms with E-state index in [0.29, 0.717) is 0 Å². The third kappa shape index (κ3) is 5.04. The van der Waals surface area contributed by atoms with Gasteiger partial charge in [0.1, 0.15) is 0 Å². The maximum Gasteiger partial charge on any atom is 0.0482 e. The van der Waals surface area contributed by atoms with Gasteiger partial charge in [-0.15, -0.1) is 0 Å². The van der Waals surface area contributed by atoms with Crippen LogP contribution in [0.2, 0.25) is 0 Å². The first-order valence-corrected chi connectivity index (χ1v) is 12.4. The molecule has 0 bridgehead atoms. The summed E-state index contributed by atoms with van der Waals surface area (Å²) in [6.07, 6.45) is 0. The Balaban J connectivity index is 1.67. The predicted molar refractivity (Wildman–Crippen MR) is 155 cm³/mol. The monoisotopic (exact) mass is 468 g/mol. The van der Waals surface area contributed by atoms with Crippen molar-refractivity contribution in [1.29, 1.82) is 0 Å². The van der Waals surface area contributed by atoms with Gasteiger partial charge in [-0.3, -0.25) is 0 Å². The number of rotatable bonds is 6. The summed E-state index contributed by atoms with van der Waals surface area (Å²) in [5.74, 6) is 0. The number of nitrogens with zero attached hydrogens (tertiary/aromatic N) is 2. The van der Waals surface area contributed by atoms with Crippen LogP contribution in [0.15, 0.2) is 121 Å². The van der Waals surface area contributed by atoms with Crippen molar-refractivity contribution in [3.8, 4) is 0 Å². The summed E-state index contributed by atoms with van der Waals surface area (Å²) in [5, 5.41) is 0. The number of hydrogen-bond acceptors (Lipinski definition) is 2. The zero-order chi connectivity index (χ0) is 25.1. The molecule has 2 heteroatoms. The molecular weight excluding hydrogens is 436 g/mol. The van der Waals surface area contributed by atoms with E-state index in [0.717, 1.165) is 34.1 Å². The van der Waals surface area contributed by atoms with Crippen LogP contribution in [0.1, 0.15) is 22.3 Å². The first kappa shape index (κ1) is 23.4. The van der Waals surface area contributed by atoms with Gasteiger partial charge in [0.25, 0.3) is 0 Å². The fourth-order valence-electron chi connectivity index (χ4n) is 4.59. The van der Waals surface area contributed by atoms with Crippen molar-refractivity contribution in [3.63, 3.8) is 0 Å². The lowest BCUT2D eigenvalue weighted by atomic mass is 10.1. The van der Waals surface area contributed by atoms with Crippen LogP contribution in [0.3, 0.4) is 0 Å². The van der Waals surface area contributed by atoms with Gasteiger partial charge in [-0.25, -0.2) is 0 Å². The Morgan fingerprint density at radius 3 is 1.03 bits per heavy atom. The minimum absolute atomic E-state index is 1.12. The molecule has 36 heavy (non-hydrogen) atoms. The van der Waals surface area contributed by atoms with E-state index >= 15 is 0 Å². The number of hydrogen-bond donors (Lipinski definition) is 0. The normalized spacial score (nSPS) is 10.8. The maximum absolute atomic E-state index is 2.34. The van der Waals surface area contributed by atoms with Crippen LogP contribution in [0.5, 0.6) is 0 Å². The van der Waals surface area contributed by atoms with Crippen molar-refractivity contribution in [2.45, 2.75) is 27.7 Å². The maximum atomic E-state index is 2.34. The molecular formula is C34H32N2. The van der Waals surface area contributed by atoms with Crippen LogP contribution in [0, 0.1) is 27.7 Å². The summed E-state index contributed by atoms with van der Waals surface area (Å²) in [7, 11) is 0. The van der Waals surface area contributed by atoms with Crippen molar-refractivity contribution in [1.82, 2.24) is 0 Å². The van der Waals surface area contributed by atoms with Crippen LogP contribution in [0.25, 0.3) is 0 Å². The highest BCUT2D eigenvalue weighted by Gasteiger charge is 2.17. The highest BCUT2D eigenvalue weighted by molar-refractivity contribution is 5.83. The fraction of sp³-hybridized carbons (Fsp3) is 0.118. The molecule has 0 N–H and O–H groups in total. The third-order valence-electron chi connectivity index (χ3n) is 6.45. The number of aryl methyl sites for hydroxylation is 4. The first-order chi connectivity index (χ1) is 17.5. The fourth-order valence-corrected chi connectivity index (χ4v) is 4.59. The molecule has 178 valence electrons. The second-order valence-electron chi connectivity index (χ2n) is 9.54. The summed E-state index contributed by atoms with van der Waals surface area (Å²) in [5.41, 5.74) is 11.8. The summed E-state index contributed by atoms with van der Waals surface area (Å²) < 4.78 is 0. The summed E-state index contributed by atoms with van der Waals surface area (Å²) in [6.45, 7) is 8.54. The van der Waals surface area contributed by atoms with Crippen LogP contribution < -0.4 is 9.80 Å². The smallest absolute Gasteiger partial charge is 0.0482 e. The highest BCUT2D eigenvalue weighted by Crippen LogP contribution is 2.40. The van der Waals surface area contributed by atoms with Gasteiger partial charge in [-0.1, -0.05) is 65.7 Å². The largest absolute Gasteiger partial charge is 0.310 e. The standard InChI is InChI=1S/C34H32N2/c1-25-14-18-29(19-15-25)35(30-20-16-26(2)17-21-30)33-12-7-13-34(24-33)36(31-10-5-8-27(3)22-31)32-11-6-9-28(4)23-32/h5-24H,1-4H3. The quantitative estimate of drug-likeness (QED) is 0.245. The van der Waals surface area contributed by atoms with Gasteiger partial charge >= 0.3 is 0 Å². The SMILES string of the molecule is Cc1ccc(N(c2ccc(C)cc2)c2cccc(N(c3cccc(C)c3)c3cccc(C)c3)c2)cc1. The topological polar surface area (TPSA) is 6.48 Å². The van der Waals surface area contributed by atoms with Gasteiger partial charge in [0.15, 0.2) is 0 Å². The highest BCUT2D eigenvalue weighted by atomic mass is 15.2. The first-order valence-electron chi connectivity index (χ1n) is 12.4. The summed E-state index contributed by atoms with van der Waals surface area (Å²) >= 11 is 0. The zero-order valence-electron chi connectivity index (χ0n) is 21.4. The van der Waals surface area contributed by atoms with Crippen LogP contribution in [0.4, 0.5) is 34.1 Å². The second kappa shape index (κ2) is 10.1. The van der Waals surface area contributed by atoms with Crippen molar-refractivity contribution < 1.29 is 0 Å². The van der Waals surface area contributed by atoms with E-state index in [1.807, 2.05) is 0 Å². The summed E-state index contributed by atoms with van der Waals surface area (Å²) in [6, 6.07) is 43.7. The minimum atomic E-state index is 1.12. The Bertz CT molecular complexity index is 1380. The van der Waals surface area contributed by atoms with Gasteiger partial charge in [0.05, 0.1) is 0 Å². The van der Waals surface area contributed by atoms with E-state index < -0.39 is 0 Å². The van der Waals surface area contributed by atoms with E-state index in [9.17, 15) is 0 Å². The number of anilines is 6. The van der Waals surface area contributed by atoms with Crippen LogP contribution in [-0.2, 0) is 0 Å². The Hall–Kier alpha value is -4.30. The molecule has 0 aliphatic carbocycles. The van der Waals surface area contributed by atoms with Gasteiger partial charge in [-0.05, 0) is 106 Å². The lowest BCUT2D eigenvalue weighted by Crippen LogP contribution is -2.13. The Morgan fingerprint density at radius 1 is 0.306 bits per heavy atom. The Labute approximate surface area is 215 Å². The van der Waals surface area contributed by atoms with Crippen molar-refractivity contribution in [3.05, 3.63) is 144 Å². The van der Waals surface area contributed by atoms with Gasteiger partial charge in [0, 0.05) is 34.1 Å². The molecule has 0 aliphatic heterocycles. The average molecular weight is 469 g/mol. The van der Waals surface area contributed by atoms with Crippen molar-refractivity contribution >= 4 is 34.1 Å². The van der Waals surface area contributed by atoms with E-state index in [4.69, 9.17) is 0 Å². The van der Waals surface area contributed by atoms with Crippen LogP contribution >= 0.6 is 0 Å².